The Hall–Kier alpha value is -2.06. The van der Waals surface area contributed by atoms with E-state index in [-0.39, 0.29) is 12.3 Å². The van der Waals surface area contributed by atoms with Crippen LogP contribution in [-0.4, -0.2) is 46.5 Å². The molecule has 1 saturated heterocycles. The second-order valence-corrected chi connectivity index (χ2v) is 8.97. The number of carboxylic acid groups (broad SMARTS) is 1. The van der Waals surface area contributed by atoms with E-state index in [0.29, 0.717) is 33.9 Å². The number of carboxylic acids is 1. The number of thiocarbonyl (C=S) groups is 1. The van der Waals surface area contributed by atoms with Crippen molar-refractivity contribution in [2.75, 3.05) is 20.3 Å². The van der Waals surface area contributed by atoms with Crippen molar-refractivity contribution in [1.82, 2.24) is 4.90 Å². The zero-order chi connectivity index (χ0) is 22.6. The summed E-state index contributed by atoms with van der Waals surface area (Å²) >= 11 is 6.75. The average Bonchev–Trinajstić information content (AvgIpc) is 3.00. The third kappa shape index (κ3) is 8.18. The van der Waals surface area contributed by atoms with Crippen molar-refractivity contribution in [3.8, 4) is 11.5 Å². The lowest BCUT2D eigenvalue weighted by atomic mass is 10.1. The van der Waals surface area contributed by atoms with E-state index in [1.54, 1.807) is 12.0 Å². The first-order valence-corrected chi connectivity index (χ1v) is 12.0. The standard InChI is InChI=1S/C23H31NO5S2/c1-3-29-18-13-12-17(15-19(18)28-2)16-20-22(27)24(23(30)31-20)14-10-8-6-4-5-7-9-11-21(25)26/h12-13,15-16H,3-11,14H2,1-2H3,(H,25,26)/b20-16-. The van der Waals surface area contributed by atoms with Gasteiger partial charge in [0.2, 0.25) is 0 Å². The summed E-state index contributed by atoms with van der Waals surface area (Å²) < 4.78 is 11.5. The Bertz CT molecular complexity index is 809. The van der Waals surface area contributed by atoms with Crippen LogP contribution < -0.4 is 9.47 Å². The van der Waals surface area contributed by atoms with E-state index in [2.05, 4.69) is 0 Å². The molecule has 0 radical (unpaired) electrons. The molecular weight excluding hydrogens is 434 g/mol. The van der Waals surface area contributed by atoms with Gasteiger partial charge in [-0.15, -0.1) is 0 Å². The van der Waals surface area contributed by atoms with Crippen LogP contribution >= 0.6 is 24.0 Å². The zero-order valence-corrected chi connectivity index (χ0v) is 19.9. The van der Waals surface area contributed by atoms with Gasteiger partial charge < -0.3 is 14.6 Å². The number of ether oxygens (including phenoxy) is 2. The summed E-state index contributed by atoms with van der Waals surface area (Å²) in [6, 6.07) is 5.60. The van der Waals surface area contributed by atoms with E-state index in [9.17, 15) is 9.59 Å². The first-order chi connectivity index (χ1) is 15.0. The van der Waals surface area contributed by atoms with Crippen LogP contribution in [0.3, 0.4) is 0 Å². The Balaban J connectivity index is 1.80. The summed E-state index contributed by atoms with van der Waals surface area (Å²) in [7, 11) is 1.59. The fourth-order valence-corrected chi connectivity index (χ4v) is 4.63. The molecule has 0 bridgehead atoms. The van der Waals surface area contributed by atoms with Gasteiger partial charge in [0.1, 0.15) is 4.32 Å². The third-order valence-corrected chi connectivity index (χ3v) is 6.31. The number of unbranched alkanes of at least 4 members (excludes halogenated alkanes) is 6. The first-order valence-electron chi connectivity index (χ1n) is 10.7. The fraction of sp³-hybridized carbons (Fsp3) is 0.522. The Kier molecular flexibility index (Phi) is 10.9. The summed E-state index contributed by atoms with van der Waals surface area (Å²) in [6.07, 6.45) is 8.99. The molecule has 0 atom stereocenters. The van der Waals surface area contributed by atoms with Gasteiger partial charge >= 0.3 is 5.97 Å². The summed E-state index contributed by atoms with van der Waals surface area (Å²) in [5.74, 6) is 0.543. The quantitative estimate of drug-likeness (QED) is 0.221. The molecule has 170 valence electrons. The second kappa shape index (κ2) is 13.4. The van der Waals surface area contributed by atoms with E-state index < -0.39 is 5.97 Å². The number of carbonyl (C=O) groups is 2. The van der Waals surface area contributed by atoms with Crippen LogP contribution in [0.15, 0.2) is 23.1 Å². The predicted molar refractivity (Wildman–Crippen MR) is 129 cm³/mol. The topological polar surface area (TPSA) is 76.1 Å². The van der Waals surface area contributed by atoms with Crippen LogP contribution in [0.4, 0.5) is 0 Å². The maximum Gasteiger partial charge on any atom is 0.303 e. The van der Waals surface area contributed by atoms with Gasteiger partial charge in [0.05, 0.1) is 18.6 Å². The minimum atomic E-state index is -0.723. The minimum absolute atomic E-state index is 0.0449. The molecule has 6 nitrogen and oxygen atoms in total. The number of amides is 1. The van der Waals surface area contributed by atoms with E-state index in [4.69, 9.17) is 26.8 Å². The van der Waals surface area contributed by atoms with Gasteiger partial charge in [-0.2, -0.15) is 0 Å². The van der Waals surface area contributed by atoms with Gasteiger partial charge in [-0.3, -0.25) is 14.5 Å². The summed E-state index contributed by atoms with van der Waals surface area (Å²) in [4.78, 5) is 25.6. The molecule has 0 aromatic heterocycles. The summed E-state index contributed by atoms with van der Waals surface area (Å²) in [6.45, 7) is 3.11. The number of benzene rings is 1. The molecule has 0 unspecified atom stereocenters. The van der Waals surface area contributed by atoms with Crippen LogP contribution in [0.1, 0.15) is 63.9 Å². The van der Waals surface area contributed by atoms with E-state index >= 15 is 0 Å². The van der Waals surface area contributed by atoms with Gasteiger partial charge in [-0.25, -0.2) is 0 Å². The van der Waals surface area contributed by atoms with Crippen LogP contribution in [0.25, 0.3) is 6.08 Å². The van der Waals surface area contributed by atoms with Crippen LogP contribution in [0, 0.1) is 0 Å². The predicted octanol–water partition coefficient (Wildman–Crippen LogP) is 5.50. The highest BCUT2D eigenvalue weighted by molar-refractivity contribution is 8.26. The molecule has 1 amide bonds. The molecule has 1 fully saturated rings. The van der Waals surface area contributed by atoms with Crippen molar-refractivity contribution in [3.63, 3.8) is 0 Å². The van der Waals surface area contributed by atoms with Crippen molar-refractivity contribution in [1.29, 1.82) is 0 Å². The number of aliphatic carboxylic acids is 1. The summed E-state index contributed by atoms with van der Waals surface area (Å²) in [5.41, 5.74) is 0.865. The highest BCUT2D eigenvalue weighted by Gasteiger charge is 2.31. The maximum atomic E-state index is 12.8. The van der Waals surface area contributed by atoms with E-state index in [1.165, 1.54) is 11.8 Å². The molecule has 1 aliphatic rings. The first kappa shape index (κ1) is 25.2. The molecule has 31 heavy (non-hydrogen) atoms. The Morgan fingerprint density at radius 3 is 2.45 bits per heavy atom. The van der Waals surface area contributed by atoms with E-state index in [1.807, 2.05) is 31.2 Å². The molecule has 1 aromatic rings. The zero-order valence-electron chi connectivity index (χ0n) is 18.2. The average molecular weight is 466 g/mol. The molecule has 1 aromatic carbocycles. The number of carbonyl (C=O) groups excluding carboxylic acids is 1. The molecule has 0 spiro atoms. The number of methoxy groups -OCH3 is 1. The Morgan fingerprint density at radius 1 is 1.13 bits per heavy atom. The number of rotatable bonds is 14. The molecular formula is C23H31NO5S2. The van der Waals surface area contributed by atoms with Crippen LogP contribution in [0.2, 0.25) is 0 Å². The van der Waals surface area contributed by atoms with Crippen LogP contribution in [0.5, 0.6) is 11.5 Å². The smallest absolute Gasteiger partial charge is 0.303 e. The van der Waals surface area contributed by atoms with Crippen molar-refractivity contribution in [3.05, 3.63) is 28.7 Å². The third-order valence-electron chi connectivity index (χ3n) is 4.93. The monoisotopic (exact) mass is 465 g/mol. The van der Waals surface area contributed by atoms with Crippen molar-refractivity contribution >= 4 is 46.3 Å². The SMILES string of the molecule is CCOc1ccc(/C=C2\SC(=S)N(CCCCCCCCCC(=O)O)C2=O)cc1OC. The lowest BCUT2D eigenvalue weighted by molar-refractivity contribution is -0.137. The highest BCUT2D eigenvalue weighted by atomic mass is 32.2. The highest BCUT2D eigenvalue weighted by Crippen LogP contribution is 2.35. The van der Waals surface area contributed by atoms with Gasteiger partial charge in [0.25, 0.3) is 5.91 Å². The van der Waals surface area contributed by atoms with Crippen molar-refractivity contribution < 1.29 is 24.2 Å². The van der Waals surface area contributed by atoms with Gasteiger partial charge in [-0.1, -0.05) is 62.2 Å². The normalized spacial score (nSPS) is 15.0. The van der Waals surface area contributed by atoms with E-state index in [0.717, 1.165) is 50.5 Å². The van der Waals surface area contributed by atoms with Gasteiger partial charge in [0.15, 0.2) is 11.5 Å². The van der Waals surface area contributed by atoms with Crippen molar-refractivity contribution in [2.24, 2.45) is 0 Å². The Morgan fingerprint density at radius 2 is 1.81 bits per heavy atom. The van der Waals surface area contributed by atoms with Gasteiger partial charge in [-0.05, 0) is 43.5 Å². The summed E-state index contributed by atoms with van der Waals surface area (Å²) in [5, 5.41) is 8.63. The number of nitrogens with zero attached hydrogens (tertiary/aromatic N) is 1. The lowest BCUT2D eigenvalue weighted by Crippen LogP contribution is -2.29. The lowest BCUT2D eigenvalue weighted by Gasteiger charge is -2.14. The molecule has 0 aliphatic carbocycles. The molecule has 2 rings (SSSR count). The number of hydrogen-bond donors (Lipinski definition) is 1. The molecule has 8 heteroatoms. The van der Waals surface area contributed by atoms with Crippen molar-refractivity contribution in [2.45, 2.75) is 58.3 Å². The molecule has 1 N–H and O–H groups in total. The van der Waals surface area contributed by atoms with Crippen LogP contribution in [-0.2, 0) is 9.59 Å². The fourth-order valence-electron chi connectivity index (χ4n) is 3.32. The minimum Gasteiger partial charge on any atom is -0.493 e. The molecule has 0 saturated carbocycles. The second-order valence-electron chi connectivity index (χ2n) is 7.30. The number of thioether (sulfide) groups is 1. The maximum absolute atomic E-state index is 12.8. The van der Waals surface area contributed by atoms with Gasteiger partial charge in [0, 0.05) is 13.0 Å². The Labute approximate surface area is 194 Å². The largest absolute Gasteiger partial charge is 0.493 e. The molecule has 1 heterocycles. The number of hydrogen-bond acceptors (Lipinski definition) is 6. The molecule has 1 aliphatic heterocycles.